The summed E-state index contributed by atoms with van der Waals surface area (Å²) in [5.74, 6) is -0.0718. The topological polar surface area (TPSA) is 18.5 Å². The summed E-state index contributed by atoms with van der Waals surface area (Å²) in [4.78, 5) is 0. The lowest BCUT2D eigenvalue weighted by Gasteiger charge is -2.13. The molecular weight excluding hydrogens is 171 g/mol. The molecule has 0 aliphatic rings. The summed E-state index contributed by atoms with van der Waals surface area (Å²) < 4.78 is 23.2. The molecule has 0 radical (unpaired) electrons. The highest BCUT2D eigenvalue weighted by Gasteiger charge is 2.06. The van der Waals surface area contributed by atoms with Gasteiger partial charge in [0.25, 0.3) is 0 Å². The Labute approximate surface area is 77.3 Å². The monoisotopic (exact) mass is 184 g/mol. The van der Waals surface area contributed by atoms with E-state index in [4.69, 9.17) is 9.47 Å². The van der Waals surface area contributed by atoms with Crippen molar-refractivity contribution >= 4 is 0 Å². The Balaban J connectivity index is 2.58. The van der Waals surface area contributed by atoms with Crippen LogP contribution in [0.4, 0.5) is 4.39 Å². The lowest BCUT2D eigenvalue weighted by Crippen LogP contribution is -2.18. The van der Waals surface area contributed by atoms with Gasteiger partial charge in [-0.25, -0.2) is 4.39 Å². The SMILES string of the molecule is COCC(C)Oc1ccccc1F. The van der Waals surface area contributed by atoms with Gasteiger partial charge in [-0.05, 0) is 19.1 Å². The smallest absolute Gasteiger partial charge is 0.165 e. The summed E-state index contributed by atoms with van der Waals surface area (Å²) in [6.45, 7) is 2.28. The molecule has 0 bridgehead atoms. The van der Waals surface area contributed by atoms with E-state index < -0.39 is 0 Å². The van der Waals surface area contributed by atoms with E-state index in [0.717, 1.165) is 0 Å². The molecule has 0 aliphatic heterocycles. The zero-order chi connectivity index (χ0) is 9.68. The third-order valence-corrected chi connectivity index (χ3v) is 1.57. The number of methoxy groups -OCH3 is 1. The second-order valence-corrected chi connectivity index (χ2v) is 2.81. The Bertz CT molecular complexity index is 263. The average Bonchev–Trinajstić information content (AvgIpc) is 2.09. The number of benzene rings is 1. The second kappa shape index (κ2) is 4.82. The molecule has 72 valence electrons. The van der Waals surface area contributed by atoms with E-state index in [1.165, 1.54) is 6.07 Å². The van der Waals surface area contributed by atoms with Crippen LogP contribution in [0, 0.1) is 5.82 Å². The van der Waals surface area contributed by atoms with Gasteiger partial charge in [0.2, 0.25) is 0 Å². The molecule has 1 aromatic rings. The minimum Gasteiger partial charge on any atom is -0.485 e. The van der Waals surface area contributed by atoms with E-state index in [0.29, 0.717) is 6.61 Å². The van der Waals surface area contributed by atoms with Crippen LogP contribution in [0.25, 0.3) is 0 Å². The van der Waals surface area contributed by atoms with Gasteiger partial charge in [0, 0.05) is 7.11 Å². The molecule has 1 aromatic carbocycles. The maximum Gasteiger partial charge on any atom is 0.165 e. The van der Waals surface area contributed by atoms with Crippen LogP contribution < -0.4 is 4.74 Å². The van der Waals surface area contributed by atoms with E-state index >= 15 is 0 Å². The Hall–Kier alpha value is -1.09. The summed E-state index contributed by atoms with van der Waals surface area (Å²) in [5.41, 5.74) is 0. The van der Waals surface area contributed by atoms with Crippen molar-refractivity contribution < 1.29 is 13.9 Å². The molecule has 0 heterocycles. The molecule has 0 saturated heterocycles. The first-order chi connectivity index (χ1) is 6.24. The number of ether oxygens (including phenoxy) is 2. The molecule has 1 unspecified atom stereocenters. The summed E-state index contributed by atoms with van der Waals surface area (Å²) >= 11 is 0. The maximum atomic E-state index is 13.0. The third kappa shape index (κ3) is 3.03. The summed E-state index contributed by atoms with van der Waals surface area (Å²) in [7, 11) is 1.58. The Morgan fingerprint density at radius 2 is 2.08 bits per heavy atom. The van der Waals surface area contributed by atoms with Gasteiger partial charge in [0.15, 0.2) is 11.6 Å². The van der Waals surface area contributed by atoms with Gasteiger partial charge in [-0.2, -0.15) is 0 Å². The summed E-state index contributed by atoms with van der Waals surface area (Å²) in [6.07, 6.45) is -0.137. The van der Waals surface area contributed by atoms with Gasteiger partial charge >= 0.3 is 0 Å². The van der Waals surface area contributed by atoms with Gasteiger partial charge in [-0.1, -0.05) is 12.1 Å². The molecule has 0 amide bonds. The minimum absolute atomic E-state index is 0.137. The predicted octanol–water partition coefficient (Wildman–Crippen LogP) is 2.24. The average molecular weight is 184 g/mol. The fourth-order valence-electron chi connectivity index (χ4n) is 1.03. The predicted molar refractivity (Wildman–Crippen MR) is 48.4 cm³/mol. The number of hydrogen-bond acceptors (Lipinski definition) is 2. The van der Waals surface area contributed by atoms with E-state index in [1.807, 2.05) is 6.92 Å². The highest BCUT2D eigenvalue weighted by atomic mass is 19.1. The van der Waals surface area contributed by atoms with Crippen molar-refractivity contribution in [3.63, 3.8) is 0 Å². The first-order valence-corrected chi connectivity index (χ1v) is 4.14. The molecule has 2 nitrogen and oxygen atoms in total. The van der Waals surface area contributed by atoms with Crippen LogP contribution >= 0.6 is 0 Å². The van der Waals surface area contributed by atoms with Gasteiger partial charge in [-0.15, -0.1) is 0 Å². The van der Waals surface area contributed by atoms with Gasteiger partial charge in [-0.3, -0.25) is 0 Å². The molecule has 1 atom stereocenters. The number of para-hydroxylation sites is 1. The number of hydrogen-bond donors (Lipinski definition) is 0. The third-order valence-electron chi connectivity index (χ3n) is 1.57. The quantitative estimate of drug-likeness (QED) is 0.714. The van der Waals surface area contributed by atoms with E-state index in [9.17, 15) is 4.39 Å². The lowest BCUT2D eigenvalue weighted by atomic mass is 10.3. The Morgan fingerprint density at radius 3 is 2.69 bits per heavy atom. The van der Waals surface area contributed by atoms with Crippen molar-refractivity contribution in [1.29, 1.82) is 0 Å². The molecule has 0 aliphatic carbocycles. The van der Waals surface area contributed by atoms with Gasteiger partial charge in [0.05, 0.1) is 6.61 Å². The van der Waals surface area contributed by atoms with Crippen molar-refractivity contribution in [2.75, 3.05) is 13.7 Å². The normalized spacial score (nSPS) is 12.5. The molecule has 13 heavy (non-hydrogen) atoms. The fraction of sp³-hybridized carbons (Fsp3) is 0.400. The van der Waals surface area contributed by atoms with Crippen LogP contribution in [-0.4, -0.2) is 19.8 Å². The Kier molecular flexibility index (Phi) is 3.71. The van der Waals surface area contributed by atoms with Crippen LogP contribution in [-0.2, 0) is 4.74 Å². The number of halogens is 1. The first kappa shape index (κ1) is 9.99. The van der Waals surface area contributed by atoms with E-state index in [2.05, 4.69) is 0 Å². The van der Waals surface area contributed by atoms with Crippen LogP contribution in [0.15, 0.2) is 24.3 Å². The van der Waals surface area contributed by atoms with Crippen LogP contribution in [0.3, 0.4) is 0 Å². The first-order valence-electron chi connectivity index (χ1n) is 4.14. The van der Waals surface area contributed by atoms with Crippen LogP contribution in [0.1, 0.15) is 6.92 Å². The summed E-state index contributed by atoms with van der Waals surface area (Å²) in [6, 6.07) is 6.33. The lowest BCUT2D eigenvalue weighted by molar-refractivity contribution is 0.0893. The number of rotatable bonds is 4. The molecule has 1 rings (SSSR count). The maximum absolute atomic E-state index is 13.0. The van der Waals surface area contributed by atoms with Crippen LogP contribution in [0.2, 0.25) is 0 Å². The Morgan fingerprint density at radius 1 is 1.38 bits per heavy atom. The molecule has 0 aromatic heterocycles. The standard InChI is InChI=1S/C10H13FO2/c1-8(7-12-2)13-10-6-4-3-5-9(10)11/h3-6,8H,7H2,1-2H3. The molecular formula is C10H13FO2. The molecule has 0 fully saturated rings. The van der Waals surface area contributed by atoms with E-state index in [-0.39, 0.29) is 17.7 Å². The van der Waals surface area contributed by atoms with Crippen molar-refractivity contribution in [3.05, 3.63) is 30.1 Å². The van der Waals surface area contributed by atoms with Gasteiger partial charge < -0.3 is 9.47 Å². The van der Waals surface area contributed by atoms with Crippen molar-refractivity contribution in [2.24, 2.45) is 0 Å². The zero-order valence-corrected chi connectivity index (χ0v) is 7.79. The van der Waals surface area contributed by atoms with Crippen LogP contribution in [0.5, 0.6) is 5.75 Å². The van der Waals surface area contributed by atoms with Crippen molar-refractivity contribution in [1.82, 2.24) is 0 Å². The van der Waals surface area contributed by atoms with Gasteiger partial charge in [0.1, 0.15) is 6.10 Å². The van der Waals surface area contributed by atoms with Crippen molar-refractivity contribution in [2.45, 2.75) is 13.0 Å². The molecule has 0 saturated carbocycles. The molecule has 3 heteroatoms. The second-order valence-electron chi connectivity index (χ2n) is 2.81. The largest absolute Gasteiger partial charge is 0.485 e. The van der Waals surface area contributed by atoms with E-state index in [1.54, 1.807) is 25.3 Å². The zero-order valence-electron chi connectivity index (χ0n) is 7.79. The highest BCUT2D eigenvalue weighted by Crippen LogP contribution is 2.16. The van der Waals surface area contributed by atoms with Crippen molar-refractivity contribution in [3.8, 4) is 5.75 Å². The molecule has 0 N–H and O–H groups in total. The fourth-order valence-corrected chi connectivity index (χ4v) is 1.03. The summed E-state index contributed by atoms with van der Waals surface area (Å²) in [5, 5.41) is 0. The minimum atomic E-state index is -0.342. The molecule has 0 spiro atoms. The highest BCUT2D eigenvalue weighted by molar-refractivity contribution is 5.23.